The molecule has 0 radical (unpaired) electrons. The van der Waals surface area contributed by atoms with Gasteiger partial charge in [-0.3, -0.25) is 0 Å². The van der Waals surface area contributed by atoms with Crippen molar-refractivity contribution in [2.45, 2.75) is 90.9 Å². The van der Waals surface area contributed by atoms with Crippen molar-refractivity contribution in [3.05, 3.63) is 25.3 Å². The van der Waals surface area contributed by atoms with Gasteiger partial charge in [-0.25, -0.2) is 9.59 Å². The van der Waals surface area contributed by atoms with Crippen LogP contribution in [0.2, 0.25) is 0 Å². The predicted molar refractivity (Wildman–Crippen MR) is 109 cm³/mol. The normalized spacial score (nSPS) is 9.62. The Morgan fingerprint density at radius 3 is 1.12 bits per heavy atom. The molecule has 0 aromatic rings. The van der Waals surface area contributed by atoms with Crippen LogP contribution in [0.4, 0.5) is 0 Å². The third kappa shape index (κ3) is 24.7. The van der Waals surface area contributed by atoms with E-state index in [1.54, 1.807) is 0 Å². The van der Waals surface area contributed by atoms with E-state index in [-0.39, 0.29) is 13.2 Å². The first-order valence-electron chi connectivity index (χ1n) is 10.2. The summed E-state index contributed by atoms with van der Waals surface area (Å²) in [5.41, 5.74) is 0. The molecule has 0 aromatic carbocycles. The molecule has 0 aromatic heterocycles. The molecule has 0 aliphatic heterocycles. The average Bonchev–Trinajstić information content (AvgIpc) is 2.66. The van der Waals surface area contributed by atoms with E-state index < -0.39 is 11.9 Å². The Balaban J connectivity index is 0. The maximum absolute atomic E-state index is 10.4. The number of ether oxygens (including phenoxy) is 2. The van der Waals surface area contributed by atoms with Crippen LogP contribution < -0.4 is 0 Å². The van der Waals surface area contributed by atoms with Crippen LogP contribution in [0.25, 0.3) is 0 Å². The van der Waals surface area contributed by atoms with Crippen molar-refractivity contribution >= 4 is 11.9 Å². The minimum atomic E-state index is -0.537. The molecule has 0 spiro atoms. The molecule has 0 unspecified atom stereocenters. The molecule has 152 valence electrons. The summed E-state index contributed by atoms with van der Waals surface area (Å²) in [6.07, 6.45) is 19.5. The van der Waals surface area contributed by atoms with Gasteiger partial charge in [0.15, 0.2) is 0 Å². The molecular formula is C22H40O4. The third-order valence-corrected chi connectivity index (χ3v) is 3.86. The lowest BCUT2D eigenvalue weighted by atomic mass is 10.1. The van der Waals surface area contributed by atoms with Gasteiger partial charge in [-0.15, -0.1) is 0 Å². The standard InChI is InChI=1S/C14H30.C8H10O4/c1-3-5-7-9-11-13-14-12-10-8-6-4-2;1-3-7(9)11-5-6-12-8(10)4-2/h3-14H2,1-2H3;3-4H,1-2,5-6H2. The fourth-order valence-corrected chi connectivity index (χ4v) is 2.32. The van der Waals surface area contributed by atoms with Crippen LogP contribution in [0.15, 0.2) is 25.3 Å². The van der Waals surface area contributed by atoms with Gasteiger partial charge in [-0.2, -0.15) is 0 Å². The minimum absolute atomic E-state index is 0.0322. The highest BCUT2D eigenvalue weighted by atomic mass is 16.6. The largest absolute Gasteiger partial charge is 0.459 e. The third-order valence-electron chi connectivity index (χ3n) is 3.86. The summed E-state index contributed by atoms with van der Waals surface area (Å²) in [6.45, 7) is 11.0. The van der Waals surface area contributed by atoms with Gasteiger partial charge >= 0.3 is 11.9 Å². The van der Waals surface area contributed by atoms with Crippen LogP contribution >= 0.6 is 0 Å². The van der Waals surface area contributed by atoms with E-state index in [4.69, 9.17) is 0 Å². The van der Waals surface area contributed by atoms with Gasteiger partial charge in [-0.05, 0) is 0 Å². The van der Waals surface area contributed by atoms with E-state index in [9.17, 15) is 9.59 Å². The van der Waals surface area contributed by atoms with Crippen LogP contribution in [0.1, 0.15) is 90.9 Å². The zero-order chi connectivity index (χ0) is 19.9. The Morgan fingerprint density at radius 2 is 0.885 bits per heavy atom. The molecule has 0 bridgehead atoms. The van der Waals surface area contributed by atoms with Crippen molar-refractivity contribution in [2.75, 3.05) is 13.2 Å². The Labute approximate surface area is 161 Å². The van der Waals surface area contributed by atoms with Crippen molar-refractivity contribution in [3.8, 4) is 0 Å². The second-order valence-corrected chi connectivity index (χ2v) is 6.28. The quantitative estimate of drug-likeness (QED) is 0.186. The lowest BCUT2D eigenvalue weighted by Crippen LogP contribution is -2.10. The Hall–Kier alpha value is -1.58. The number of carbonyl (C=O) groups is 2. The molecule has 4 nitrogen and oxygen atoms in total. The van der Waals surface area contributed by atoms with Gasteiger partial charge in [-0.1, -0.05) is 104 Å². The number of rotatable bonds is 16. The van der Waals surface area contributed by atoms with Gasteiger partial charge in [0, 0.05) is 12.2 Å². The van der Waals surface area contributed by atoms with Gasteiger partial charge in [0.05, 0.1) is 0 Å². The molecule has 0 atom stereocenters. The number of hydrogen-bond donors (Lipinski definition) is 0. The minimum Gasteiger partial charge on any atom is -0.459 e. The second-order valence-electron chi connectivity index (χ2n) is 6.28. The van der Waals surface area contributed by atoms with E-state index in [1.165, 1.54) is 77.0 Å². The van der Waals surface area contributed by atoms with Crippen molar-refractivity contribution < 1.29 is 19.1 Å². The van der Waals surface area contributed by atoms with Gasteiger partial charge < -0.3 is 9.47 Å². The Kier molecular flexibility index (Phi) is 24.0. The molecule has 0 aliphatic rings. The molecule has 0 rings (SSSR count). The lowest BCUT2D eigenvalue weighted by molar-refractivity contribution is -0.146. The predicted octanol–water partition coefficient (Wildman–Crippen LogP) is 6.15. The molecule has 0 amide bonds. The molecule has 0 aliphatic carbocycles. The zero-order valence-electron chi connectivity index (χ0n) is 17.1. The molecule has 0 fully saturated rings. The Bertz CT molecular complexity index is 316. The summed E-state index contributed by atoms with van der Waals surface area (Å²) >= 11 is 0. The highest BCUT2D eigenvalue weighted by Gasteiger charge is 1.97. The summed E-state index contributed by atoms with van der Waals surface area (Å²) in [7, 11) is 0. The monoisotopic (exact) mass is 368 g/mol. The van der Waals surface area contributed by atoms with Crippen LogP contribution in [-0.4, -0.2) is 25.2 Å². The van der Waals surface area contributed by atoms with E-state index in [2.05, 4.69) is 36.5 Å². The first kappa shape index (κ1) is 26.6. The molecule has 4 heteroatoms. The highest BCUT2D eigenvalue weighted by Crippen LogP contribution is 2.11. The van der Waals surface area contributed by atoms with Crippen molar-refractivity contribution in [2.24, 2.45) is 0 Å². The second kappa shape index (κ2) is 23.4. The lowest BCUT2D eigenvalue weighted by Gasteiger charge is -2.01. The van der Waals surface area contributed by atoms with Gasteiger partial charge in [0.2, 0.25) is 0 Å². The van der Waals surface area contributed by atoms with E-state index in [0.717, 1.165) is 12.2 Å². The molecule has 0 heterocycles. The zero-order valence-corrected chi connectivity index (χ0v) is 17.1. The van der Waals surface area contributed by atoms with Crippen LogP contribution in [0.3, 0.4) is 0 Å². The summed E-state index contributed by atoms with van der Waals surface area (Å²) in [4.78, 5) is 20.9. The van der Waals surface area contributed by atoms with Crippen molar-refractivity contribution in [1.29, 1.82) is 0 Å². The van der Waals surface area contributed by atoms with Crippen LogP contribution in [0.5, 0.6) is 0 Å². The summed E-state index contributed by atoms with van der Waals surface area (Å²) in [6, 6.07) is 0. The summed E-state index contributed by atoms with van der Waals surface area (Å²) < 4.78 is 9.04. The summed E-state index contributed by atoms with van der Waals surface area (Å²) in [5.74, 6) is -1.07. The topological polar surface area (TPSA) is 52.6 Å². The number of carbonyl (C=O) groups excluding carboxylic acids is 2. The fraction of sp³-hybridized carbons (Fsp3) is 0.727. The highest BCUT2D eigenvalue weighted by molar-refractivity contribution is 5.81. The first-order valence-corrected chi connectivity index (χ1v) is 10.2. The molecule has 0 saturated heterocycles. The number of esters is 2. The molecule has 26 heavy (non-hydrogen) atoms. The van der Waals surface area contributed by atoms with E-state index >= 15 is 0 Å². The molecular weight excluding hydrogens is 328 g/mol. The molecule has 0 saturated carbocycles. The van der Waals surface area contributed by atoms with Crippen molar-refractivity contribution in [1.82, 2.24) is 0 Å². The SMILES string of the molecule is C=CC(=O)OCCOC(=O)C=C.CCCCCCCCCCCCCC. The first-order chi connectivity index (χ1) is 12.6. The van der Waals surface area contributed by atoms with Crippen LogP contribution in [0, 0.1) is 0 Å². The maximum Gasteiger partial charge on any atom is 0.330 e. The average molecular weight is 369 g/mol. The molecule has 0 N–H and O–H groups in total. The van der Waals surface area contributed by atoms with Crippen LogP contribution in [-0.2, 0) is 19.1 Å². The van der Waals surface area contributed by atoms with Gasteiger partial charge in [0.25, 0.3) is 0 Å². The number of unbranched alkanes of at least 4 members (excludes halogenated alkanes) is 11. The van der Waals surface area contributed by atoms with E-state index in [0.29, 0.717) is 0 Å². The summed E-state index contributed by atoms with van der Waals surface area (Å²) in [5, 5.41) is 0. The van der Waals surface area contributed by atoms with Crippen molar-refractivity contribution in [3.63, 3.8) is 0 Å². The number of hydrogen-bond acceptors (Lipinski definition) is 4. The van der Waals surface area contributed by atoms with E-state index in [1.807, 2.05) is 0 Å². The van der Waals surface area contributed by atoms with Gasteiger partial charge in [0.1, 0.15) is 13.2 Å². The maximum atomic E-state index is 10.4. The fourth-order valence-electron chi connectivity index (χ4n) is 2.32. The smallest absolute Gasteiger partial charge is 0.330 e. The Morgan fingerprint density at radius 1 is 0.615 bits per heavy atom.